The number of amides is 1. The molecule has 0 saturated carbocycles. The van der Waals surface area contributed by atoms with Crippen LogP contribution in [0.1, 0.15) is 5.56 Å². The smallest absolute Gasteiger partial charge is 0.349 e. The lowest BCUT2D eigenvalue weighted by Crippen LogP contribution is -2.23. The molecule has 0 unspecified atom stereocenters. The summed E-state index contributed by atoms with van der Waals surface area (Å²) in [6.07, 6.45) is 3.25. The van der Waals surface area contributed by atoms with Crippen molar-refractivity contribution in [3.8, 4) is 17.1 Å². The van der Waals surface area contributed by atoms with Gasteiger partial charge in [-0.2, -0.15) is 4.98 Å². The maximum Gasteiger partial charge on any atom is 0.349 e. The number of nitrogens with one attached hydrogen (secondary N) is 2. The average molecular weight is 418 g/mol. The molecule has 2 heterocycles. The molecule has 0 aliphatic heterocycles. The van der Waals surface area contributed by atoms with E-state index in [1.165, 1.54) is 19.2 Å². The maximum atomic E-state index is 13.2. The van der Waals surface area contributed by atoms with Crippen LogP contribution in [0.5, 0.6) is 5.75 Å². The fourth-order valence-electron chi connectivity index (χ4n) is 2.88. The van der Waals surface area contributed by atoms with Gasteiger partial charge in [-0.3, -0.25) is 4.98 Å². The number of benzene rings is 2. The van der Waals surface area contributed by atoms with Gasteiger partial charge in [-0.05, 0) is 42.0 Å². The minimum Gasteiger partial charge on any atom is -0.495 e. The van der Waals surface area contributed by atoms with Crippen LogP contribution in [-0.2, 0) is 6.54 Å². The van der Waals surface area contributed by atoms with Crippen molar-refractivity contribution in [2.24, 2.45) is 0 Å². The molecule has 4 aromatic rings. The summed E-state index contributed by atoms with van der Waals surface area (Å²) in [6, 6.07) is 16.1. The Morgan fingerprint density at radius 1 is 1.10 bits per heavy atom. The van der Waals surface area contributed by atoms with Gasteiger partial charge in [0, 0.05) is 24.5 Å². The molecular formula is C22H19FN6O2. The summed E-state index contributed by atoms with van der Waals surface area (Å²) >= 11 is 0. The van der Waals surface area contributed by atoms with Gasteiger partial charge in [-0.15, -0.1) is 9.78 Å². The van der Waals surface area contributed by atoms with E-state index in [1.807, 2.05) is 0 Å². The third kappa shape index (κ3) is 4.67. The number of methoxy groups -OCH3 is 1. The Morgan fingerprint density at radius 3 is 2.65 bits per heavy atom. The van der Waals surface area contributed by atoms with E-state index in [-0.39, 0.29) is 11.8 Å². The van der Waals surface area contributed by atoms with Crippen LogP contribution in [0, 0.1) is 5.82 Å². The number of hydrogen-bond donors (Lipinski definition) is 2. The second kappa shape index (κ2) is 9.04. The first-order valence-corrected chi connectivity index (χ1v) is 9.44. The van der Waals surface area contributed by atoms with Crippen LogP contribution in [0.25, 0.3) is 11.4 Å². The summed E-state index contributed by atoms with van der Waals surface area (Å²) in [5.74, 6) is 0.770. The van der Waals surface area contributed by atoms with Gasteiger partial charge in [0.25, 0.3) is 0 Å². The van der Waals surface area contributed by atoms with Crippen LogP contribution in [-0.4, -0.2) is 32.9 Å². The van der Waals surface area contributed by atoms with Crippen molar-refractivity contribution in [3.05, 3.63) is 84.4 Å². The fraction of sp³-hybridized carbons (Fsp3) is 0.0909. The Balaban J connectivity index is 1.63. The summed E-state index contributed by atoms with van der Waals surface area (Å²) in [6.45, 7) is 0.327. The lowest BCUT2D eigenvalue weighted by Gasteiger charge is -2.11. The van der Waals surface area contributed by atoms with Crippen molar-refractivity contribution in [1.29, 1.82) is 0 Å². The first kappa shape index (κ1) is 20.0. The number of halogens is 1. The van der Waals surface area contributed by atoms with Gasteiger partial charge in [0.1, 0.15) is 11.6 Å². The van der Waals surface area contributed by atoms with Crippen molar-refractivity contribution < 1.29 is 13.9 Å². The van der Waals surface area contributed by atoms with Crippen molar-refractivity contribution in [2.45, 2.75) is 6.54 Å². The van der Waals surface area contributed by atoms with Crippen molar-refractivity contribution in [2.75, 3.05) is 17.7 Å². The second-order valence-electron chi connectivity index (χ2n) is 6.52. The topological polar surface area (TPSA) is 94.0 Å². The first-order valence-electron chi connectivity index (χ1n) is 9.44. The summed E-state index contributed by atoms with van der Waals surface area (Å²) in [4.78, 5) is 21.5. The third-order valence-electron chi connectivity index (χ3n) is 4.43. The molecule has 1 amide bonds. The number of carbonyl (C=O) groups is 1. The molecule has 2 N–H and O–H groups in total. The maximum absolute atomic E-state index is 13.2. The molecule has 0 spiro atoms. The minimum absolute atomic E-state index is 0.232. The first-order chi connectivity index (χ1) is 15.1. The van der Waals surface area contributed by atoms with E-state index in [2.05, 4.69) is 25.7 Å². The van der Waals surface area contributed by atoms with Crippen LogP contribution < -0.4 is 15.4 Å². The zero-order valence-electron chi connectivity index (χ0n) is 16.6. The van der Waals surface area contributed by atoms with Gasteiger partial charge >= 0.3 is 6.03 Å². The Hall–Kier alpha value is -4.27. The van der Waals surface area contributed by atoms with E-state index in [1.54, 1.807) is 60.9 Å². The minimum atomic E-state index is -0.520. The molecule has 8 nitrogen and oxygen atoms in total. The highest BCUT2D eigenvalue weighted by atomic mass is 19.1. The monoisotopic (exact) mass is 418 g/mol. The molecule has 0 aliphatic rings. The zero-order valence-corrected chi connectivity index (χ0v) is 16.6. The van der Waals surface area contributed by atoms with E-state index < -0.39 is 6.03 Å². The quantitative estimate of drug-likeness (QED) is 0.488. The molecule has 0 fully saturated rings. The molecule has 2 aromatic carbocycles. The fourth-order valence-corrected chi connectivity index (χ4v) is 2.88. The van der Waals surface area contributed by atoms with Crippen LogP contribution in [0.3, 0.4) is 0 Å². The highest BCUT2D eigenvalue weighted by Crippen LogP contribution is 2.24. The number of aromatic nitrogens is 4. The molecule has 156 valence electrons. The van der Waals surface area contributed by atoms with Crippen LogP contribution in [0.4, 0.5) is 20.8 Å². The Kier molecular flexibility index (Phi) is 5.84. The standard InChI is InChI=1S/C22H19FN6O2/c1-31-19-7-3-2-6-18(19)26-22(30)29-21(25-13-15-8-10-17(23)11-9-15)27-20(28-29)16-5-4-12-24-14-16/h2-12,14H,13H2,1H3,(H,26,30)(H,25,27,28). The number of pyridine rings is 1. The highest BCUT2D eigenvalue weighted by molar-refractivity contribution is 5.93. The normalized spacial score (nSPS) is 10.5. The molecule has 4 rings (SSSR count). The number of carbonyl (C=O) groups excluding carboxylic acids is 1. The van der Waals surface area contributed by atoms with Crippen molar-refractivity contribution in [3.63, 3.8) is 0 Å². The van der Waals surface area contributed by atoms with Gasteiger partial charge in [-0.25, -0.2) is 9.18 Å². The Bertz CT molecular complexity index is 1180. The Morgan fingerprint density at radius 2 is 1.90 bits per heavy atom. The van der Waals surface area contributed by atoms with E-state index in [9.17, 15) is 9.18 Å². The van der Waals surface area contributed by atoms with Crippen LogP contribution >= 0.6 is 0 Å². The van der Waals surface area contributed by atoms with E-state index in [0.29, 0.717) is 29.4 Å². The zero-order chi connectivity index (χ0) is 21.6. The lowest BCUT2D eigenvalue weighted by molar-refractivity contribution is 0.251. The van der Waals surface area contributed by atoms with Gasteiger partial charge in [0.15, 0.2) is 5.82 Å². The third-order valence-corrected chi connectivity index (χ3v) is 4.43. The molecule has 9 heteroatoms. The summed E-state index contributed by atoms with van der Waals surface area (Å²) in [5.41, 5.74) is 1.98. The summed E-state index contributed by atoms with van der Waals surface area (Å²) in [5, 5.41) is 10.2. The molecule has 2 aromatic heterocycles. The number of hydrogen-bond acceptors (Lipinski definition) is 6. The van der Waals surface area contributed by atoms with Crippen molar-refractivity contribution in [1.82, 2.24) is 19.7 Å². The average Bonchev–Trinajstić information content (AvgIpc) is 3.24. The number of rotatable bonds is 6. The van der Waals surface area contributed by atoms with Gasteiger partial charge in [0.05, 0.1) is 12.8 Å². The molecular weight excluding hydrogens is 399 g/mol. The van der Waals surface area contributed by atoms with Gasteiger partial charge in [-0.1, -0.05) is 24.3 Å². The molecule has 0 saturated heterocycles. The molecule has 0 aliphatic carbocycles. The van der Waals surface area contributed by atoms with Crippen LogP contribution in [0.2, 0.25) is 0 Å². The number of ether oxygens (including phenoxy) is 1. The summed E-state index contributed by atoms with van der Waals surface area (Å²) in [7, 11) is 1.52. The SMILES string of the molecule is COc1ccccc1NC(=O)n1nc(-c2cccnc2)nc1NCc1ccc(F)cc1. The highest BCUT2D eigenvalue weighted by Gasteiger charge is 2.18. The predicted octanol–water partition coefficient (Wildman–Crippen LogP) is 4.18. The predicted molar refractivity (Wildman–Crippen MR) is 114 cm³/mol. The van der Waals surface area contributed by atoms with E-state index >= 15 is 0 Å². The summed E-state index contributed by atoms with van der Waals surface area (Å²) < 4.78 is 19.6. The number of para-hydroxylation sites is 2. The molecule has 0 bridgehead atoms. The lowest BCUT2D eigenvalue weighted by atomic mass is 10.2. The molecule has 0 radical (unpaired) electrons. The largest absolute Gasteiger partial charge is 0.495 e. The Labute approximate surface area is 177 Å². The van der Waals surface area contributed by atoms with E-state index in [4.69, 9.17) is 4.74 Å². The van der Waals surface area contributed by atoms with Gasteiger partial charge < -0.3 is 15.4 Å². The molecule has 0 atom stereocenters. The second-order valence-corrected chi connectivity index (χ2v) is 6.52. The number of anilines is 2. The number of nitrogens with zero attached hydrogens (tertiary/aromatic N) is 4. The molecule has 31 heavy (non-hydrogen) atoms. The van der Waals surface area contributed by atoms with Crippen LogP contribution in [0.15, 0.2) is 73.1 Å². The van der Waals surface area contributed by atoms with Crippen molar-refractivity contribution >= 4 is 17.7 Å². The van der Waals surface area contributed by atoms with E-state index in [0.717, 1.165) is 10.2 Å². The van der Waals surface area contributed by atoms with Gasteiger partial charge in [0.2, 0.25) is 5.95 Å².